The number of carbonyl (C=O) groups is 1. The number of likely N-dealkylation sites (N-methyl/N-ethyl adjacent to an activating group) is 1. The van der Waals surface area contributed by atoms with Crippen LogP contribution < -0.4 is 5.32 Å². The molecule has 15 heavy (non-hydrogen) atoms. The van der Waals surface area contributed by atoms with Gasteiger partial charge in [0.15, 0.2) is 0 Å². The topological polar surface area (TPSA) is 45.5 Å². The maximum Gasteiger partial charge on any atom is 0.234 e. The van der Waals surface area contributed by atoms with Gasteiger partial charge in [-0.2, -0.15) is 0 Å². The molecule has 0 aliphatic rings. The van der Waals surface area contributed by atoms with Gasteiger partial charge in [0, 0.05) is 0 Å². The molecule has 1 aromatic heterocycles. The van der Waals surface area contributed by atoms with Gasteiger partial charge in [-0.15, -0.1) is 0 Å². The van der Waals surface area contributed by atoms with E-state index in [-0.39, 0.29) is 5.91 Å². The lowest BCUT2D eigenvalue weighted by Crippen LogP contribution is -2.36. The largest absolute Gasteiger partial charge is 0.467 e. The van der Waals surface area contributed by atoms with Crippen LogP contribution in [-0.4, -0.2) is 30.4 Å². The standard InChI is InChI=1S/C11H18N2O2/c1-3-13(4-2)9-11(14)12-8-10-6-5-7-15-10/h5-7H,3-4,8-9H2,1-2H3,(H,12,14). The molecule has 84 valence electrons. The number of hydrogen-bond acceptors (Lipinski definition) is 3. The van der Waals surface area contributed by atoms with Crippen LogP contribution in [0.4, 0.5) is 0 Å². The third-order valence-corrected chi connectivity index (χ3v) is 2.30. The number of furan rings is 1. The zero-order valence-electron chi connectivity index (χ0n) is 9.32. The highest BCUT2D eigenvalue weighted by Crippen LogP contribution is 1.98. The van der Waals surface area contributed by atoms with E-state index in [9.17, 15) is 4.79 Å². The molecule has 4 heteroatoms. The van der Waals surface area contributed by atoms with Gasteiger partial charge in [0.2, 0.25) is 5.91 Å². The first-order valence-corrected chi connectivity index (χ1v) is 5.27. The summed E-state index contributed by atoms with van der Waals surface area (Å²) in [4.78, 5) is 13.5. The van der Waals surface area contributed by atoms with E-state index < -0.39 is 0 Å². The fourth-order valence-corrected chi connectivity index (χ4v) is 1.31. The second-order valence-corrected chi connectivity index (χ2v) is 3.32. The summed E-state index contributed by atoms with van der Waals surface area (Å²) in [5.74, 6) is 0.818. The van der Waals surface area contributed by atoms with Crippen LogP contribution in [0.15, 0.2) is 22.8 Å². The lowest BCUT2D eigenvalue weighted by molar-refractivity contribution is -0.122. The molecule has 0 radical (unpaired) electrons. The van der Waals surface area contributed by atoms with Crippen molar-refractivity contribution < 1.29 is 9.21 Å². The van der Waals surface area contributed by atoms with Gasteiger partial charge in [0.25, 0.3) is 0 Å². The molecule has 0 atom stereocenters. The van der Waals surface area contributed by atoms with Gasteiger partial charge < -0.3 is 9.73 Å². The van der Waals surface area contributed by atoms with Crippen molar-refractivity contribution in [2.75, 3.05) is 19.6 Å². The average Bonchev–Trinajstić information content (AvgIpc) is 2.75. The molecule has 0 saturated heterocycles. The van der Waals surface area contributed by atoms with E-state index in [1.54, 1.807) is 6.26 Å². The third-order valence-electron chi connectivity index (χ3n) is 2.30. The Morgan fingerprint density at radius 2 is 2.20 bits per heavy atom. The molecular weight excluding hydrogens is 192 g/mol. The van der Waals surface area contributed by atoms with Crippen LogP contribution in [0.5, 0.6) is 0 Å². The summed E-state index contributed by atoms with van der Waals surface area (Å²) in [6.45, 7) is 6.79. The highest BCUT2D eigenvalue weighted by atomic mass is 16.3. The molecule has 0 bridgehead atoms. The van der Waals surface area contributed by atoms with E-state index in [0.717, 1.165) is 18.8 Å². The van der Waals surface area contributed by atoms with Crippen molar-refractivity contribution in [1.29, 1.82) is 0 Å². The fourth-order valence-electron chi connectivity index (χ4n) is 1.31. The SMILES string of the molecule is CCN(CC)CC(=O)NCc1ccco1. The van der Waals surface area contributed by atoms with Gasteiger partial charge in [-0.1, -0.05) is 13.8 Å². The first kappa shape index (κ1) is 11.8. The normalized spacial score (nSPS) is 10.6. The van der Waals surface area contributed by atoms with Gasteiger partial charge in [-0.25, -0.2) is 0 Å². The molecule has 0 aliphatic heterocycles. The van der Waals surface area contributed by atoms with Crippen molar-refractivity contribution in [1.82, 2.24) is 10.2 Å². The van der Waals surface area contributed by atoms with Gasteiger partial charge in [-0.05, 0) is 25.2 Å². The van der Waals surface area contributed by atoms with Gasteiger partial charge in [0.1, 0.15) is 5.76 Å². The van der Waals surface area contributed by atoms with Crippen molar-refractivity contribution >= 4 is 5.91 Å². The Bertz CT molecular complexity index is 279. The van der Waals surface area contributed by atoms with E-state index in [4.69, 9.17) is 4.42 Å². The molecule has 0 fully saturated rings. The van der Waals surface area contributed by atoms with Crippen molar-refractivity contribution in [3.05, 3.63) is 24.2 Å². The van der Waals surface area contributed by atoms with Crippen molar-refractivity contribution in [2.24, 2.45) is 0 Å². The Morgan fingerprint density at radius 3 is 2.73 bits per heavy atom. The van der Waals surface area contributed by atoms with Gasteiger partial charge in [0.05, 0.1) is 19.4 Å². The predicted octanol–water partition coefficient (Wildman–Crippen LogP) is 1.24. The van der Waals surface area contributed by atoms with Crippen LogP contribution in [0.25, 0.3) is 0 Å². The third kappa shape index (κ3) is 4.16. The quantitative estimate of drug-likeness (QED) is 0.768. The average molecular weight is 210 g/mol. The number of amides is 1. The Morgan fingerprint density at radius 1 is 1.47 bits per heavy atom. The van der Waals surface area contributed by atoms with Crippen LogP contribution in [-0.2, 0) is 11.3 Å². The first-order valence-electron chi connectivity index (χ1n) is 5.27. The van der Waals surface area contributed by atoms with E-state index in [2.05, 4.69) is 10.2 Å². The molecule has 1 aromatic rings. The molecule has 0 aliphatic carbocycles. The predicted molar refractivity (Wildman–Crippen MR) is 58.3 cm³/mol. The number of rotatable bonds is 6. The molecule has 1 amide bonds. The minimum atomic E-state index is 0.0371. The van der Waals surface area contributed by atoms with Crippen molar-refractivity contribution in [2.45, 2.75) is 20.4 Å². The molecule has 4 nitrogen and oxygen atoms in total. The molecular formula is C11H18N2O2. The maximum atomic E-state index is 11.5. The summed E-state index contributed by atoms with van der Waals surface area (Å²) >= 11 is 0. The van der Waals surface area contributed by atoms with Crippen LogP contribution in [0.2, 0.25) is 0 Å². The fraction of sp³-hybridized carbons (Fsp3) is 0.545. The van der Waals surface area contributed by atoms with E-state index in [1.807, 2.05) is 26.0 Å². The maximum absolute atomic E-state index is 11.5. The van der Waals surface area contributed by atoms with Crippen molar-refractivity contribution in [3.63, 3.8) is 0 Å². The Balaban J connectivity index is 2.24. The van der Waals surface area contributed by atoms with E-state index >= 15 is 0 Å². The molecule has 0 unspecified atom stereocenters. The summed E-state index contributed by atoms with van der Waals surface area (Å²) in [5, 5.41) is 2.81. The molecule has 0 spiro atoms. The van der Waals surface area contributed by atoms with Gasteiger partial charge >= 0.3 is 0 Å². The Labute approximate surface area is 90.3 Å². The molecule has 0 saturated carbocycles. The van der Waals surface area contributed by atoms with Crippen LogP contribution in [0, 0.1) is 0 Å². The number of hydrogen-bond donors (Lipinski definition) is 1. The smallest absolute Gasteiger partial charge is 0.234 e. The highest BCUT2D eigenvalue weighted by molar-refractivity contribution is 5.77. The monoisotopic (exact) mass is 210 g/mol. The summed E-state index contributed by atoms with van der Waals surface area (Å²) in [6, 6.07) is 3.66. The summed E-state index contributed by atoms with van der Waals surface area (Å²) in [7, 11) is 0. The lowest BCUT2D eigenvalue weighted by atomic mass is 10.4. The van der Waals surface area contributed by atoms with E-state index in [0.29, 0.717) is 13.1 Å². The summed E-state index contributed by atoms with van der Waals surface area (Å²) in [6.07, 6.45) is 1.60. The lowest BCUT2D eigenvalue weighted by Gasteiger charge is -2.16. The second kappa shape index (κ2) is 6.24. The van der Waals surface area contributed by atoms with E-state index in [1.165, 1.54) is 0 Å². The van der Waals surface area contributed by atoms with Crippen molar-refractivity contribution in [3.8, 4) is 0 Å². The minimum Gasteiger partial charge on any atom is -0.467 e. The molecule has 1 heterocycles. The first-order chi connectivity index (χ1) is 7.26. The minimum absolute atomic E-state index is 0.0371. The number of carbonyl (C=O) groups excluding carboxylic acids is 1. The van der Waals surface area contributed by atoms with Crippen LogP contribution >= 0.6 is 0 Å². The Hall–Kier alpha value is -1.29. The van der Waals surface area contributed by atoms with Crippen LogP contribution in [0.1, 0.15) is 19.6 Å². The summed E-state index contributed by atoms with van der Waals surface area (Å²) in [5.41, 5.74) is 0. The number of nitrogens with one attached hydrogen (secondary N) is 1. The zero-order chi connectivity index (χ0) is 11.1. The summed E-state index contributed by atoms with van der Waals surface area (Å²) < 4.78 is 5.11. The second-order valence-electron chi connectivity index (χ2n) is 3.32. The zero-order valence-corrected chi connectivity index (χ0v) is 9.32. The van der Waals surface area contributed by atoms with Crippen LogP contribution in [0.3, 0.4) is 0 Å². The Kier molecular flexibility index (Phi) is 4.90. The molecule has 1 N–H and O–H groups in total. The molecule has 0 aromatic carbocycles. The van der Waals surface area contributed by atoms with Gasteiger partial charge in [-0.3, -0.25) is 9.69 Å². The molecule has 1 rings (SSSR count). The highest BCUT2D eigenvalue weighted by Gasteiger charge is 2.06. The number of nitrogens with zero attached hydrogens (tertiary/aromatic N) is 1.